The van der Waals surface area contributed by atoms with E-state index in [1.165, 1.54) is 18.2 Å². The van der Waals surface area contributed by atoms with Gasteiger partial charge in [-0.2, -0.15) is 0 Å². The van der Waals surface area contributed by atoms with Crippen LogP contribution in [0, 0.1) is 5.82 Å². The first-order valence-corrected chi connectivity index (χ1v) is 7.94. The standard InChI is InChI=1S/C17H12Cl2FN3O2/c18-13-8-12(2-3-15(13)20)25-9-17(24)22-11-1-4-16(14(19)7-11)23-6-5-21-10-23/h1-8,10H,9H2,(H,22,24). The SMILES string of the molecule is O=C(COc1ccc(F)c(Cl)c1)Nc1ccc(-n2ccnc2)c(Cl)c1. The molecule has 0 aliphatic rings. The number of amides is 1. The molecule has 2 aromatic carbocycles. The van der Waals surface area contributed by atoms with Crippen LogP contribution in [0.4, 0.5) is 10.1 Å². The molecule has 3 rings (SSSR count). The number of anilines is 1. The number of hydrogen-bond acceptors (Lipinski definition) is 3. The molecule has 3 aromatic rings. The molecule has 0 aliphatic heterocycles. The number of rotatable bonds is 5. The van der Waals surface area contributed by atoms with Crippen LogP contribution in [0.1, 0.15) is 0 Å². The van der Waals surface area contributed by atoms with Crippen molar-refractivity contribution in [3.05, 3.63) is 71.0 Å². The number of imidazole rings is 1. The Morgan fingerprint density at radius 3 is 2.72 bits per heavy atom. The van der Waals surface area contributed by atoms with E-state index >= 15 is 0 Å². The molecule has 0 saturated carbocycles. The minimum atomic E-state index is -0.550. The molecule has 5 nitrogen and oxygen atoms in total. The quantitative estimate of drug-likeness (QED) is 0.717. The van der Waals surface area contributed by atoms with Crippen LogP contribution in [0.5, 0.6) is 5.75 Å². The number of halogens is 3. The highest BCUT2D eigenvalue weighted by atomic mass is 35.5. The van der Waals surface area contributed by atoms with E-state index in [4.69, 9.17) is 27.9 Å². The second-order valence-electron chi connectivity index (χ2n) is 5.05. The fourth-order valence-corrected chi connectivity index (χ4v) is 2.56. The summed E-state index contributed by atoms with van der Waals surface area (Å²) in [6, 6.07) is 8.98. The lowest BCUT2D eigenvalue weighted by Crippen LogP contribution is -2.20. The molecule has 0 saturated heterocycles. The van der Waals surface area contributed by atoms with Crippen molar-refractivity contribution < 1.29 is 13.9 Å². The molecule has 1 aromatic heterocycles. The van der Waals surface area contributed by atoms with Crippen LogP contribution in [0.15, 0.2) is 55.1 Å². The van der Waals surface area contributed by atoms with Crippen LogP contribution in [0.2, 0.25) is 10.0 Å². The van der Waals surface area contributed by atoms with Gasteiger partial charge in [-0.15, -0.1) is 0 Å². The van der Waals surface area contributed by atoms with E-state index in [2.05, 4.69) is 10.3 Å². The second-order valence-corrected chi connectivity index (χ2v) is 5.86. The Morgan fingerprint density at radius 2 is 2.04 bits per heavy atom. The summed E-state index contributed by atoms with van der Waals surface area (Å²) >= 11 is 11.9. The molecule has 1 N–H and O–H groups in total. The van der Waals surface area contributed by atoms with Crippen molar-refractivity contribution in [3.63, 3.8) is 0 Å². The van der Waals surface area contributed by atoms with Crippen LogP contribution in [0.3, 0.4) is 0 Å². The van der Waals surface area contributed by atoms with Gasteiger partial charge in [-0.25, -0.2) is 9.37 Å². The van der Waals surface area contributed by atoms with Gasteiger partial charge in [0.05, 0.1) is 22.1 Å². The Balaban J connectivity index is 1.61. The maximum Gasteiger partial charge on any atom is 0.262 e. The molecule has 0 spiro atoms. The first-order chi connectivity index (χ1) is 12.0. The van der Waals surface area contributed by atoms with Gasteiger partial charge in [-0.05, 0) is 30.3 Å². The van der Waals surface area contributed by atoms with E-state index < -0.39 is 5.82 Å². The topological polar surface area (TPSA) is 56.1 Å². The van der Waals surface area contributed by atoms with Gasteiger partial charge in [0.15, 0.2) is 6.61 Å². The number of nitrogens with zero attached hydrogens (tertiary/aromatic N) is 2. The lowest BCUT2D eigenvalue weighted by atomic mass is 10.2. The van der Waals surface area contributed by atoms with E-state index in [0.29, 0.717) is 16.5 Å². The number of carbonyl (C=O) groups excluding carboxylic acids is 1. The van der Waals surface area contributed by atoms with Gasteiger partial charge < -0.3 is 14.6 Å². The fraction of sp³-hybridized carbons (Fsp3) is 0.0588. The summed E-state index contributed by atoms with van der Waals surface area (Å²) in [5.41, 5.74) is 1.27. The fourth-order valence-electron chi connectivity index (χ4n) is 2.11. The van der Waals surface area contributed by atoms with Crippen LogP contribution in [0.25, 0.3) is 5.69 Å². The normalized spacial score (nSPS) is 10.5. The average molecular weight is 380 g/mol. The van der Waals surface area contributed by atoms with Gasteiger partial charge in [0.2, 0.25) is 0 Å². The lowest BCUT2D eigenvalue weighted by Gasteiger charge is -2.10. The Morgan fingerprint density at radius 1 is 1.20 bits per heavy atom. The summed E-state index contributed by atoms with van der Waals surface area (Å²) in [4.78, 5) is 15.9. The third-order valence-electron chi connectivity index (χ3n) is 3.28. The zero-order valence-corrected chi connectivity index (χ0v) is 14.3. The van der Waals surface area contributed by atoms with Gasteiger partial charge in [0, 0.05) is 24.1 Å². The average Bonchev–Trinajstić information content (AvgIpc) is 3.10. The third kappa shape index (κ3) is 4.29. The van der Waals surface area contributed by atoms with Gasteiger partial charge in [0.1, 0.15) is 11.6 Å². The molecule has 128 valence electrons. The van der Waals surface area contributed by atoms with Gasteiger partial charge in [-0.3, -0.25) is 4.79 Å². The summed E-state index contributed by atoms with van der Waals surface area (Å²) in [6.45, 7) is -0.247. The smallest absolute Gasteiger partial charge is 0.262 e. The minimum Gasteiger partial charge on any atom is -0.484 e. The number of benzene rings is 2. The van der Waals surface area contributed by atoms with E-state index in [-0.39, 0.29) is 17.5 Å². The van der Waals surface area contributed by atoms with E-state index in [9.17, 15) is 9.18 Å². The van der Waals surface area contributed by atoms with Gasteiger partial charge in [-0.1, -0.05) is 23.2 Å². The largest absolute Gasteiger partial charge is 0.484 e. The Kier molecular flexibility index (Phi) is 5.21. The number of hydrogen-bond donors (Lipinski definition) is 1. The second kappa shape index (κ2) is 7.55. The molecule has 0 bridgehead atoms. The minimum absolute atomic E-state index is 0.0696. The van der Waals surface area contributed by atoms with E-state index in [1.807, 2.05) is 0 Å². The highest BCUT2D eigenvalue weighted by Crippen LogP contribution is 2.24. The Hall–Kier alpha value is -2.57. The monoisotopic (exact) mass is 379 g/mol. The first kappa shape index (κ1) is 17.3. The summed E-state index contributed by atoms with van der Waals surface area (Å²) in [7, 11) is 0. The van der Waals surface area contributed by atoms with Crippen molar-refractivity contribution in [3.8, 4) is 11.4 Å². The van der Waals surface area contributed by atoms with Crippen LogP contribution in [-0.2, 0) is 4.79 Å². The number of ether oxygens (including phenoxy) is 1. The molecule has 0 aliphatic carbocycles. The molecule has 0 atom stereocenters. The number of aromatic nitrogens is 2. The molecule has 0 radical (unpaired) electrons. The van der Waals surface area contributed by atoms with Crippen molar-refractivity contribution in [1.29, 1.82) is 0 Å². The third-order valence-corrected chi connectivity index (χ3v) is 3.87. The van der Waals surface area contributed by atoms with Crippen molar-refractivity contribution in [2.75, 3.05) is 11.9 Å². The molecular weight excluding hydrogens is 368 g/mol. The highest BCUT2D eigenvalue weighted by Gasteiger charge is 2.08. The van der Waals surface area contributed by atoms with Gasteiger partial charge in [0.25, 0.3) is 5.91 Å². The Bertz CT molecular complexity index is 901. The zero-order valence-electron chi connectivity index (χ0n) is 12.7. The molecule has 1 heterocycles. The highest BCUT2D eigenvalue weighted by molar-refractivity contribution is 6.32. The molecule has 0 unspecified atom stereocenters. The maximum atomic E-state index is 13.1. The molecule has 25 heavy (non-hydrogen) atoms. The molecule has 1 amide bonds. The Labute approximate surface area is 153 Å². The van der Waals surface area contributed by atoms with Crippen molar-refractivity contribution in [1.82, 2.24) is 9.55 Å². The molecule has 8 heteroatoms. The predicted octanol–water partition coefficient (Wildman–Crippen LogP) is 4.34. The summed E-state index contributed by atoms with van der Waals surface area (Å²) in [5, 5.41) is 3.06. The van der Waals surface area contributed by atoms with Gasteiger partial charge >= 0.3 is 0 Å². The maximum absolute atomic E-state index is 13.1. The molecular formula is C17H12Cl2FN3O2. The summed E-state index contributed by atoms with van der Waals surface area (Å²) in [6.07, 6.45) is 5.04. The van der Waals surface area contributed by atoms with Crippen molar-refractivity contribution >= 4 is 34.8 Å². The first-order valence-electron chi connectivity index (χ1n) is 7.18. The lowest BCUT2D eigenvalue weighted by molar-refractivity contribution is -0.118. The number of nitrogens with one attached hydrogen (secondary N) is 1. The van der Waals surface area contributed by atoms with E-state index in [0.717, 1.165) is 5.69 Å². The molecule has 0 fully saturated rings. The zero-order chi connectivity index (χ0) is 17.8. The summed E-state index contributed by atoms with van der Waals surface area (Å²) in [5.74, 6) is -0.631. The van der Waals surface area contributed by atoms with Crippen LogP contribution >= 0.6 is 23.2 Å². The van der Waals surface area contributed by atoms with Crippen LogP contribution in [-0.4, -0.2) is 22.1 Å². The summed E-state index contributed by atoms with van der Waals surface area (Å²) < 4.78 is 20.1. The predicted molar refractivity (Wildman–Crippen MR) is 94.1 cm³/mol. The number of carbonyl (C=O) groups is 1. The van der Waals surface area contributed by atoms with Crippen molar-refractivity contribution in [2.45, 2.75) is 0 Å². The van der Waals surface area contributed by atoms with Crippen molar-refractivity contribution in [2.24, 2.45) is 0 Å². The van der Waals surface area contributed by atoms with E-state index in [1.54, 1.807) is 41.5 Å². The van der Waals surface area contributed by atoms with Crippen LogP contribution < -0.4 is 10.1 Å².